The number of nitrogens with zero attached hydrogens (tertiary/aromatic N) is 5. The van der Waals surface area contributed by atoms with Crippen molar-refractivity contribution < 1.29 is 22.7 Å². The summed E-state index contributed by atoms with van der Waals surface area (Å²) in [5.74, 6) is 0.810. The van der Waals surface area contributed by atoms with Gasteiger partial charge in [-0.25, -0.2) is 0 Å². The number of thioether (sulfide) groups is 1. The lowest BCUT2D eigenvalue weighted by Gasteiger charge is -2.31. The third-order valence-electron chi connectivity index (χ3n) is 7.01. The van der Waals surface area contributed by atoms with Gasteiger partial charge < -0.3 is 20.7 Å². The van der Waals surface area contributed by atoms with Crippen LogP contribution in [0, 0.1) is 6.92 Å². The second kappa shape index (κ2) is 10.4. The van der Waals surface area contributed by atoms with E-state index in [4.69, 9.17) is 22.1 Å². The molecule has 0 bridgehead atoms. The molecule has 14 heteroatoms. The first-order valence-electron chi connectivity index (χ1n) is 12.3. The lowest BCUT2D eigenvalue weighted by Crippen LogP contribution is -2.28. The summed E-state index contributed by atoms with van der Waals surface area (Å²) in [4.78, 5) is 23.6. The van der Waals surface area contributed by atoms with E-state index >= 15 is 0 Å². The lowest BCUT2D eigenvalue weighted by molar-refractivity contribution is -0.138. The normalized spacial score (nSPS) is 17.3. The largest absolute Gasteiger partial charge is 0.467 e. The Labute approximate surface area is 232 Å². The molecule has 3 aromatic rings. The maximum atomic E-state index is 14.0. The van der Waals surface area contributed by atoms with Crippen LogP contribution in [0.25, 0.3) is 0 Å². The third-order valence-corrected chi connectivity index (χ3v) is 8.59. The number of methoxy groups -OCH3 is 1. The molecule has 1 aromatic carbocycles. The number of benzene rings is 1. The molecule has 0 fully saturated rings. The minimum atomic E-state index is -4.63. The first-order chi connectivity index (χ1) is 18.5. The average molecular weight is 582 g/mol. The number of carbonyl (C=O) groups excluding carboxylic acids is 1. The predicted octanol–water partition coefficient (Wildman–Crippen LogP) is 4.55. The number of carbonyl (C=O) groups is 1. The van der Waals surface area contributed by atoms with Crippen molar-refractivity contribution in [2.75, 3.05) is 31.3 Å². The molecule has 2 aliphatic rings. The van der Waals surface area contributed by atoms with Gasteiger partial charge in [-0.3, -0.25) is 9.48 Å². The molecular weight excluding hydrogens is 555 g/mol. The highest BCUT2D eigenvalue weighted by Crippen LogP contribution is 2.49. The summed E-state index contributed by atoms with van der Waals surface area (Å²) >= 11 is 7.39. The van der Waals surface area contributed by atoms with E-state index in [0.29, 0.717) is 42.6 Å². The van der Waals surface area contributed by atoms with Crippen LogP contribution < -0.4 is 20.7 Å². The summed E-state index contributed by atoms with van der Waals surface area (Å²) in [6.45, 7) is 3.64. The van der Waals surface area contributed by atoms with Crippen molar-refractivity contribution in [1.29, 1.82) is 0 Å². The Balaban J connectivity index is 1.53. The van der Waals surface area contributed by atoms with Crippen LogP contribution in [0.5, 0.6) is 6.01 Å². The Morgan fingerprint density at radius 1 is 1.28 bits per heavy atom. The number of aromatic nitrogens is 4. The Bertz CT molecular complexity index is 1450. The SMILES string of the molecule is CNC(=O)c1nn2c(c1C)CN(c1nc(OC)nc3c1CSC(c1cc(N)cc(Cl)c1C(F)(F)F)C3)CCC2. The van der Waals surface area contributed by atoms with Crippen LogP contribution in [0.2, 0.25) is 5.02 Å². The van der Waals surface area contributed by atoms with Crippen LogP contribution in [0.4, 0.5) is 24.7 Å². The number of ether oxygens (including phenoxy) is 1. The van der Waals surface area contributed by atoms with E-state index in [1.165, 1.54) is 24.9 Å². The van der Waals surface area contributed by atoms with Crippen molar-refractivity contribution in [1.82, 2.24) is 25.1 Å². The number of nitrogen functional groups attached to an aromatic ring is 1. The van der Waals surface area contributed by atoms with Gasteiger partial charge in [-0.15, -0.1) is 11.8 Å². The molecule has 3 N–H and O–H groups in total. The molecule has 2 aromatic heterocycles. The highest BCUT2D eigenvalue weighted by atomic mass is 35.5. The fourth-order valence-corrected chi connectivity index (χ4v) is 6.79. The molecule has 0 spiro atoms. The van der Waals surface area contributed by atoms with E-state index in [0.717, 1.165) is 29.3 Å². The predicted molar refractivity (Wildman–Crippen MR) is 143 cm³/mol. The fraction of sp³-hybridized carbons (Fsp3) is 0.440. The van der Waals surface area contributed by atoms with Crippen molar-refractivity contribution in [3.8, 4) is 6.01 Å². The van der Waals surface area contributed by atoms with Gasteiger partial charge in [0.05, 0.1) is 35.6 Å². The number of rotatable bonds is 4. The number of aryl methyl sites for hydroxylation is 1. The minimum absolute atomic E-state index is 0.0401. The van der Waals surface area contributed by atoms with Crippen molar-refractivity contribution in [2.45, 2.75) is 50.0 Å². The monoisotopic (exact) mass is 581 g/mol. The molecule has 0 radical (unpaired) electrons. The van der Waals surface area contributed by atoms with E-state index in [1.807, 2.05) is 11.6 Å². The standard InChI is InChI=1S/C25H27ClF3N7O2S/c1-12-18-10-35(5-4-6-36(18)34-21(12)23(37)31-2)22-15-11-39-19(9-17(15)32-24(33-22)38-3)14-7-13(30)8-16(26)20(14)25(27,28)29/h7-8,19H,4-6,9-11,30H2,1-3H3,(H,31,37). The number of hydrogen-bond donors (Lipinski definition) is 2. The fourth-order valence-electron chi connectivity index (χ4n) is 5.14. The van der Waals surface area contributed by atoms with E-state index in [2.05, 4.69) is 25.3 Å². The van der Waals surface area contributed by atoms with Crippen molar-refractivity contribution in [2.24, 2.45) is 0 Å². The summed E-state index contributed by atoms with van der Waals surface area (Å²) in [5.41, 5.74) is 8.78. The molecule has 0 saturated heterocycles. The van der Waals surface area contributed by atoms with Crippen molar-refractivity contribution in [3.05, 3.63) is 56.5 Å². The van der Waals surface area contributed by atoms with Crippen molar-refractivity contribution >= 4 is 40.8 Å². The van der Waals surface area contributed by atoms with E-state index < -0.39 is 22.0 Å². The van der Waals surface area contributed by atoms with Crippen LogP contribution in [-0.4, -0.2) is 46.4 Å². The molecule has 9 nitrogen and oxygen atoms in total. The summed E-state index contributed by atoms with van der Waals surface area (Å²) in [6, 6.07) is 2.61. The maximum Gasteiger partial charge on any atom is 0.418 e. The molecule has 0 aliphatic carbocycles. The lowest BCUT2D eigenvalue weighted by atomic mass is 9.98. The molecule has 1 amide bonds. The summed E-state index contributed by atoms with van der Waals surface area (Å²) in [5, 5.41) is 6.16. The Kier molecular flexibility index (Phi) is 7.31. The number of nitrogens with two attached hydrogens (primary N) is 1. The molecule has 208 valence electrons. The van der Waals surface area contributed by atoms with Gasteiger partial charge in [-0.2, -0.15) is 28.2 Å². The van der Waals surface area contributed by atoms with Gasteiger partial charge in [0.25, 0.3) is 5.91 Å². The maximum absolute atomic E-state index is 14.0. The van der Waals surface area contributed by atoms with Gasteiger partial charge in [0.1, 0.15) is 5.82 Å². The molecule has 2 aliphatic heterocycles. The summed E-state index contributed by atoms with van der Waals surface area (Å²) < 4.78 is 49.2. The highest BCUT2D eigenvalue weighted by molar-refractivity contribution is 7.98. The number of halogens is 4. The van der Waals surface area contributed by atoms with E-state index in [-0.39, 0.29) is 29.6 Å². The average Bonchev–Trinajstić information content (AvgIpc) is 3.06. The van der Waals surface area contributed by atoms with Gasteiger partial charge in [-0.05, 0) is 31.0 Å². The minimum Gasteiger partial charge on any atom is -0.467 e. The van der Waals surface area contributed by atoms with Crippen LogP contribution in [0.3, 0.4) is 0 Å². The van der Waals surface area contributed by atoms with Gasteiger partial charge in [-0.1, -0.05) is 11.6 Å². The van der Waals surface area contributed by atoms with Crippen LogP contribution in [-0.2, 0) is 31.4 Å². The molecule has 39 heavy (non-hydrogen) atoms. The number of anilines is 2. The van der Waals surface area contributed by atoms with Gasteiger partial charge in [0.15, 0.2) is 5.69 Å². The zero-order valence-electron chi connectivity index (χ0n) is 21.5. The number of hydrogen-bond acceptors (Lipinski definition) is 8. The first-order valence-corrected chi connectivity index (χ1v) is 13.7. The second-order valence-electron chi connectivity index (χ2n) is 9.43. The van der Waals surface area contributed by atoms with Crippen LogP contribution in [0.1, 0.15) is 55.8 Å². The number of amides is 1. The zero-order valence-corrected chi connectivity index (χ0v) is 23.1. The Morgan fingerprint density at radius 3 is 2.74 bits per heavy atom. The van der Waals surface area contributed by atoms with Crippen molar-refractivity contribution in [3.63, 3.8) is 0 Å². The third kappa shape index (κ3) is 5.09. The van der Waals surface area contributed by atoms with Crippen LogP contribution >= 0.6 is 23.4 Å². The molecule has 1 atom stereocenters. The van der Waals surface area contributed by atoms with Gasteiger partial charge in [0.2, 0.25) is 0 Å². The van der Waals surface area contributed by atoms with Gasteiger partial charge >= 0.3 is 12.2 Å². The Morgan fingerprint density at radius 2 is 2.05 bits per heavy atom. The quantitative estimate of drug-likeness (QED) is 0.432. The van der Waals surface area contributed by atoms with Gasteiger partial charge in [0, 0.05) is 54.4 Å². The molecule has 4 heterocycles. The topological polar surface area (TPSA) is 111 Å². The Hall–Kier alpha value is -3.19. The number of fused-ring (bicyclic) bond motifs is 2. The molecule has 1 unspecified atom stereocenters. The smallest absolute Gasteiger partial charge is 0.418 e. The van der Waals surface area contributed by atoms with E-state index in [1.54, 1.807) is 7.05 Å². The number of nitrogens with one attached hydrogen (secondary N) is 1. The van der Waals surface area contributed by atoms with E-state index in [9.17, 15) is 18.0 Å². The summed E-state index contributed by atoms with van der Waals surface area (Å²) in [6.07, 6.45) is -3.65. The van der Waals surface area contributed by atoms with Crippen LogP contribution in [0.15, 0.2) is 12.1 Å². The first kappa shape index (κ1) is 27.4. The second-order valence-corrected chi connectivity index (χ2v) is 11.0. The summed E-state index contributed by atoms with van der Waals surface area (Å²) in [7, 11) is 3.02. The highest BCUT2D eigenvalue weighted by Gasteiger charge is 2.40. The molecule has 0 saturated carbocycles. The molecule has 5 rings (SSSR count). The number of alkyl halides is 3. The zero-order chi connectivity index (χ0) is 28.1. The molecular formula is C25H27ClF3N7O2S.